The van der Waals surface area contributed by atoms with E-state index >= 15 is 0 Å². The zero-order valence-electron chi connectivity index (χ0n) is 12.8. The number of hydrogen-bond acceptors (Lipinski definition) is 4. The molecular weight excluding hydrogens is 262 g/mol. The predicted molar refractivity (Wildman–Crippen MR) is 83.5 cm³/mol. The Morgan fingerprint density at radius 2 is 2.14 bits per heavy atom. The lowest BCUT2D eigenvalue weighted by Crippen LogP contribution is -2.19. The van der Waals surface area contributed by atoms with E-state index in [1.807, 2.05) is 23.7 Å². The van der Waals surface area contributed by atoms with Crippen molar-refractivity contribution in [2.24, 2.45) is 11.8 Å². The van der Waals surface area contributed by atoms with Crippen molar-refractivity contribution in [2.75, 3.05) is 5.73 Å². The number of rotatable bonds is 3. The highest BCUT2D eigenvalue weighted by Gasteiger charge is 2.21. The summed E-state index contributed by atoms with van der Waals surface area (Å²) in [5.74, 6) is 2.32. The first-order valence-electron chi connectivity index (χ1n) is 7.75. The van der Waals surface area contributed by atoms with Crippen molar-refractivity contribution in [1.82, 2.24) is 20.2 Å². The van der Waals surface area contributed by atoms with Crippen molar-refractivity contribution < 1.29 is 0 Å². The van der Waals surface area contributed by atoms with Crippen molar-refractivity contribution in [2.45, 2.75) is 46.1 Å². The average Bonchev–Trinajstić information content (AvgIpc) is 2.85. The van der Waals surface area contributed by atoms with E-state index in [1.54, 1.807) is 0 Å². The topological polar surface area (TPSA) is 69.6 Å². The molecule has 2 atom stereocenters. The Balaban J connectivity index is 1.83. The van der Waals surface area contributed by atoms with Gasteiger partial charge in [-0.25, -0.2) is 4.68 Å². The molecule has 1 aromatic heterocycles. The monoisotopic (exact) mass is 285 g/mol. The Morgan fingerprint density at radius 1 is 1.29 bits per heavy atom. The molecule has 1 fully saturated rings. The standard InChI is InChI=1S/C16H23N5/c1-11-4-3-5-13(6-11)10-21-16(18-19-20-21)14-7-12(2)8-15(17)9-14/h7-9,11,13H,3-6,10,17H2,1-2H3. The Morgan fingerprint density at radius 3 is 2.90 bits per heavy atom. The van der Waals surface area contributed by atoms with Crippen LogP contribution < -0.4 is 5.73 Å². The number of nitrogens with zero attached hydrogens (tertiary/aromatic N) is 4. The van der Waals surface area contributed by atoms with Gasteiger partial charge in [0.25, 0.3) is 0 Å². The fourth-order valence-electron chi connectivity index (χ4n) is 3.45. The third-order valence-corrected chi connectivity index (χ3v) is 4.37. The van der Waals surface area contributed by atoms with Gasteiger partial charge in [0.2, 0.25) is 0 Å². The van der Waals surface area contributed by atoms with E-state index in [0.29, 0.717) is 5.92 Å². The third kappa shape index (κ3) is 3.23. The van der Waals surface area contributed by atoms with Crippen LogP contribution in [0, 0.1) is 18.8 Å². The van der Waals surface area contributed by atoms with Gasteiger partial charge in [0.1, 0.15) is 0 Å². The molecule has 0 amide bonds. The Labute approximate surface area is 125 Å². The molecule has 0 saturated heterocycles. The number of anilines is 1. The maximum absolute atomic E-state index is 5.94. The molecule has 112 valence electrons. The molecule has 0 aliphatic heterocycles. The van der Waals surface area contributed by atoms with Gasteiger partial charge in [0.15, 0.2) is 5.82 Å². The number of nitrogens with two attached hydrogens (primary N) is 1. The minimum absolute atomic E-state index is 0.679. The molecule has 5 nitrogen and oxygen atoms in total. The molecule has 1 heterocycles. The molecule has 0 bridgehead atoms. The third-order valence-electron chi connectivity index (χ3n) is 4.37. The first-order valence-corrected chi connectivity index (χ1v) is 7.75. The van der Waals surface area contributed by atoms with Crippen molar-refractivity contribution in [1.29, 1.82) is 0 Å². The van der Waals surface area contributed by atoms with E-state index in [4.69, 9.17) is 5.73 Å². The Hall–Kier alpha value is -1.91. The van der Waals surface area contributed by atoms with Crippen molar-refractivity contribution in [3.63, 3.8) is 0 Å². The highest BCUT2D eigenvalue weighted by molar-refractivity contribution is 5.62. The first-order chi connectivity index (χ1) is 10.1. The predicted octanol–water partition coefficient (Wildman–Crippen LogP) is 3.06. The summed E-state index contributed by atoms with van der Waals surface area (Å²) in [6.07, 6.45) is 5.23. The number of hydrogen-bond donors (Lipinski definition) is 1. The molecule has 2 aromatic rings. The molecular formula is C16H23N5. The Bertz CT molecular complexity index is 599. The molecule has 1 aliphatic carbocycles. The van der Waals surface area contributed by atoms with E-state index in [9.17, 15) is 0 Å². The smallest absolute Gasteiger partial charge is 0.182 e. The highest BCUT2D eigenvalue weighted by atomic mass is 15.5. The van der Waals surface area contributed by atoms with E-state index in [-0.39, 0.29) is 0 Å². The lowest BCUT2D eigenvalue weighted by atomic mass is 9.82. The van der Waals surface area contributed by atoms with Crippen LogP contribution in [0.1, 0.15) is 38.2 Å². The average molecular weight is 285 g/mol. The zero-order chi connectivity index (χ0) is 14.8. The SMILES string of the molecule is Cc1cc(N)cc(-c2nnnn2CC2CCCC(C)C2)c1. The molecule has 2 unspecified atom stereocenters. The van der Waals surface area contributed by atoms with Crippen molar-refractivity contribution in [3.05, 3.63) is 23.8 Å². The van der Waals surface area contributed by atoms with Gasteiger partial charge in [-0.1, -0.05) is 19.8 Å². The lowest BCUT2D eigenvalue weighted by molar-refractivity contribution is 0.249. The summed E-state index contributed by atoms with van der Waals surface area (Å²) < 4.78 is 1.94. The van der Waals surface area contributed by atoms with Crippen molar-refractivity contribution >= 4 is 5.69 Å². The molecule has 1 aliphatic rings. The van der Waals surface area contributed by atoms with Gasteiger partial charge in [-0.2, -0.15) is 0 Å². The Kier molecular flexibility index (Phi) is 3.90. The van der Waals surface area contributed by atoms with Gasteiger partial charge in [-0.3, -0.25) is 0 Å². The maximum Gasteiger partial charge on any atom is 0.182 e. The van der Waals surface area contributed by atoms with Crippen LogP contribution in [0.2, 0.25) is 0 Å². The van der Waals surface area contributed by atoms with Crippen LogP contribution in [0.5, 0.6) is 0 Å². The minimum Gasteiger partial charge on any atom is -0.399 e. The molecule has 3 rings (SSSR count). The summed E-state index contributed by atoms with van der Waals surface area (Å²) in [6, 6.07) is 5.99. The normalized spacial score (nSPS) is 22.4. The largest absolute Gasteiger partial charge is 0.399 e. The first kappa shape index (κ1) is 14.0. The fraction of sp³-hybridized carbons (Fsp3) is 0.562. The van der Waals surface area contributed by atoms with E-state index in [2.05, 4.69) is 28.5 Å². The summed E-state index contributed by atoms with van der Waals surface area (Å²) in [5.41, 5.74) is 8.83. The summed E-state index contributed by atoms with van der Waals surface area (Å²) >= 11 is 0. The number of aryl methyl sites for hydroxylation is 1. The summed E-state index contributed by atoms with van der Waals surface area (Å²) in [6.45, 7) is 5.28. The van der Waals surface area contributed by atoms with Crippen molar-refractivity contribution in [3.8, 4) is 11.4 Å². The van der Waals surface area contributed by atoms with Crippen LogP contribution in [-0.2, 0) is 6.54 Å². The van der Waals surface area contributed by atoms with Gasteiger partial charge < -0.3 is 5.73 Å². The second-order valence-electron chi connectivity index (χ2n) is 6.45. The minimum atomic E-state index is 0.679. The molecule has 1 aromatic carbocycles. The van der Waals surface area contributed by atoms with Crippen LogP contribution in [0.4, 0.5) is 5.69 Å². The van der Waals surface area contributed by atoms with Gasteiger partial charge in [-0.05, 0) is 65.8 Å². The summed E-state index contributed by atoms with van der Waals surface area (Å²) in [4.78, 5) is 0. The van der Waals surface area contributed by atoms with E-state index in [1.165, 1.54) is 25.7 Å². The van der Waals surface area contributed by atoms with E-state index in [0.717, 1.165) is 35.1 Å². The second-order valence-corrected chi connectivity index (χ2v) is 6.45. The van der Waals surface area contributed by atoms with Gasteiger partial charge in [-0.15, -0.1) is 5.10 Å². The molecule has 0 radical (unpaired) electrons. The zero-order valence-corrected chi connectivity index (χ0v) is 12.8. The quantitative estimate of drug-likeness (QED) is 0.880. The number of nitrogen functional groups attached to an aromatic ring is 1. The van der Waals surface area contributed by atoms with Crippen LogP contribution >= 0.6 is 0 Å². The molecule has 5 heteroatoms. The van der Waals surface area contributed by atoms with Crippen LogP contribution in [0.3, 0.4) is 0 Å². The highest BCUT2D eigenvalue weighted by Crippen LogP contribution is 2.30. The van der Waals surface area contributed by atoms with Crippen LogP contribution in [-0.4, -0.2) is 20.2 Å². The lowest BCUT2D eigenvalue weighted by Gasteiger charge is -2.26. The fourth-order valence-corrected chi connectivity index (χ4v) is 3.45. The van der Waals surface area contributed by atoms with Crippen LogP contribution in [0.25, 0.3) is 11.4 Å². The summed E-state index contributed by atoms with van der Waals surface area (Å²) in [5, 5.41) is 12.2. The second kappa shape index (κ2) is 5.84. The molecule has 2 N–H and O–H groups in total. The molecule has 21 heavy (non-hydrogen) atoms. The molecule has 0 spiro atoms. The van der Waals surface area contributed by atoms with E-state index < -0.39 is 0 Å². The summed E-state index contributed by atoms with van der Waals surface area (Å²) in [7, 11) is 0. The van der Waals surface area contributed by atoms with Gasteiger partial charge in [0, 0.05) is 17.8 Å². The molecule has 1 saturated carbocycles. The number of aromatic nitrogens is 4. The van der Waals surface area contributed by atoms with Gasteiger partial charge >= 0.3 is 0 Å². The number of tetrazole rings is 1. The maximum atomic E-state index is 5.94. The van der Waals surface area contributed by atoms with Gasteiger partial charge in [0.05, 0.1) is 0 Å². The van der Waals surface area contributed by atoms with Crippen LogP contribution in [0.15, 0.2) is 18.2 Å². The number of benzene rings is 1.